The van der Waals surface area contributed by atoms with Crippen LogP contribution in [0.4, 0.5) is 4.79 Å². The van der Waals surface area contributed by atoms with E-state index >= 15 is 0 Å². The summed E-state index contributed by atoms with van der Waals surface area (Å²) in [6.45, 7) is 2.04. The molecule has 0 spiro atoms. The molecule has 1 aromatic rings. The lowest BCUT2D eigenvalue weighted by Gasteiger charge is -2.39. The van der Waals surface area contributed by atoms with Crippen LogP contribution in [0.2, 0.25) is 0 Å². The molecule has 1 aromatic carbocycles. The number of carbonyl (C=O) groups excluding carboxylic acids is 3. The number of hydrogen-bond donors (Lipinski definition) is 0. The van der Waals surface area contributed by atoms with Gasteiger partial charge in [-0.1, -0.05) is 30.3 Å². The number of piperidine rings is 1. The van der Waals surface area contributed by atoms with Crippen molar-refractivity contribution in [3.8, 4) is 0 Å². The Morgan fingerprint density at radius 1 is 1.15 bits per heavy atom. The summed E-state index contributed by atoms with van der Waals surface area (Å²) in [5.41, 5.74) is 0.00659. The minimum Gasteiger partial charge on any atom is -0.461 e. The molecule has 2 heterocycles. The zero-order valence-electron chi connectivity index (χ0n) is 15.7. The van der Waals surface area contributed by atoms with Gasteiger partial charge in [-0.2, -0.15) is 0 Å². The normalized spacial score (nSPS) is 26.4. The van der Waals surface area contributed by atoms with Gasteiger partial charge in [0, 0.05) is 18.9 Å². The molecule has 7 heteroatoms. The quantitative estimate of drug-likeness (QED) is 0.457. The number of rotatable bonds is 4. The van der Waals surface area contributed by atoms with Crippen LogP contribution in [-0.4, -0.2) is 54.3 Å². The van der Waals surface area contributed by atoms with Gasteiger partial charge in [-0.25, -0.2) is 14.4 Å². The first-order chi connectivity index (χ1) is 13.0. The van der Waals surface area contributed by atoms with E-state index in [0.29, 0.717) is 19.3 Å². The highest BCUT2D eigenvalue weighted by molar-refractivity contribution is 6.29. The molecule has 1 amide bonds. The Morgan fingerprint density at radius 2 is 1.89 bits per heavy atom. The zero-order chi connectivity index (χ0) is 19.4. The van der Waals surface area contributed by atoms with E-state index in [-0.39, 0.29) is 18.7 Å². The van der Waals surface area contributed by atoms with Crippen molar-refractivity contribution in [2.75, 3.05) is 13.7 Å². The van der Waals surface area contributed by atoms with Gasteiger partial charge in [0.25, 0.3) is 0 Å². The number of methoxy groups -OCH3 is 1. The van der Waals surface area contributed by atoms with Crippen LogP contribution in [0.3, 0.4) is 0 Å². The van der Waals surface area contributed by atoms with Crippen molar-refractivity contribution in [2.24, 2.45) is 0 Å². The van der Waals surface area contributed by atoms with Crippen LogP contribution in [0.5, 0.6) is 0 Å². The minimum atomic E-state index is -1.04. The molecular weight excluding hydrogens is 350 g/mol. The zero-order valence-corrected chi connectivity index (χ0v) is 15.7. The van der Waals surface area contributed by atoms with E-state index < -0.39 is 23.6 Å². The number of esters is 2. The van der Waals surface area contributed by atoms with Gasteiger partial charge in [0.1, 0.15) is 5.60 Å². The van der Waals surface area contributed by atoms with Crippen molar-refractivity contribution < 1.29 is 28.6 Å². The molecule has 2 aliphatic heterocycles. The molecular formula is C20H25NO6. The maximum atomic E-state index is 12.5. The predicted octanol–water partition coefficient (Wildman–Crippen LogP) is 2.47. The third-order valence-corrected chi connectivity index (χ3v) is 5.41. The first-order valence-corrected chi connectivity index (χ1v) is 9.31. The van der Waals surface area contributed by atoms with Crippen LogP contribution >= 0.6 is 0 Å². The number of ether oxygens (including phenoxy) is 3. The molecule has 2 bridgehead atoms. The number of fused-ring (bicyclic) bond motifs is 2. The summed E-state index contributed by atoms with van der Waals surface area (Å²) in [6.07, 6.45) is 2.95. The number of benzene rings is 1. The standard InChI is InChI=1S/C20H25NO6/c1-3-26-19(24)21-15-10-7-11-16(21)20(13-15,27-18(23)17(22)25-2)12-14-8-5-4-6-9-14/h4-6,8-9,15-16H,3,7,10-13H2,1-2H3. The Kier molecular flexibility index (Phi) is 5.68. The highest BCUT2D eigenvalue weighted by atomic mass is 16.6. The van der Waals surface area contributed by atoms with E-state index in [1.165, 1.54) is 0 Å². The fourth-order valence-electron chi connectivity index (χ4n) is 4.39. The first kappa shape index (κ1) is 19.2. The molecule has 2 aliphatic rings. The van der Waals surface area contributed by atoms with Gasteiger partial charge >= 0.3 is 18.0 Å². The van der Waals surface area contributed by atoms with Gasteiger partial charge in [0.15, 0.2) is 0 Å². The monoisotopic (exact) mass is 375 g/mol. The molecule has 3 atom stereocenters. The Morgan fingerprint density at radius 3 is 2.56 bits per heavy atom. The van der Waals surface area contributed by atoms with E-state index in [2.05, 4.69) is 4.74 Å². The molecule has 0 aliphatic carbocycles. The van der Waals surface area contributed by atoms with Gasteiger partial charge < -0.3 is 14.2 Å². The summed E-state index contributed by atoms with van der Waals surface area (Å²) in [7, 11) is 1.14. The lowest BCUT2D eigenvalue weighted by Crippen LogP contribution is -2.53. The minimum absolute atomic E-state index is 0.0723. The molecule has 2 fully saturated rings. The van der Waals surface area contributed by atoms with Crippen molar-refractivity contribution in [1.82, 2.24) is 4.90 Å². The van der Waals surface area contributed by atoms with Crippen LogP contribution in [0.1, 0.15) is 38.2 Å². The van der Waals surface area contributed by atoms with Crippen molar-refractivity contribution in [2.45, 2.75) is 56.7 Å². The number of carbonyl (C=O) groups is 3. The number of amides is 1. The van der Waals surface area contributed by atoms with Crippen molar-refractivity contribution in [1.29, 1.82) is 0 Å². The molecule has 7 nitrogen and oxygen atoms in total. The third kappa shape index (κ3) is 3.77. The van der Waals surface area contributed by atoms with E-state index in [9.17, 15) is 14.4 Å². The highest BCUT2D eigenvalue weighted by Crippen LogP contribution is 2.46. The SMILES string of the molecule is CCOC(=O)N1C2CCCC1C(Cc1ccccc1)(OC(=O)C(=O)OC)C2. The van der Waals surface area contributed by atoms with E-state index in [1.54, 1.807) is 11.8 Å². The molecule has 2 saturated heterocycles. The topological polar surface area (TPSA) is 82.1 Å². The van der Waals surface area contributed by atoms with Crippen LogP contribution in [-0.2, 0) is 30.2 Å². The summed E-state index contributed by atoms with van der Waals surface area (Å²) in [6, 6.07) is 9.23. The smallest absolute Gasteiger partial charge is 0.418 e. The second-order valence-corrected chi connectivity index (χ2v) is 7.02. The average molecular weight is 375 g/mol. The fourth-order valence-corrected chi connectivity index (χ4v) is 4.39. The molecule has 146 valence electrons. The summed E-state index contributed by atoms with van der Waals surface area (Å²) in [4.78, 5) is 38.2. The largest absolute Gasteiger partial charge is 0.461 e. The highest BCUT2D eigenvalue weighted by Gasteiger charge is 2.58. The third-order valence-electron chi connectivity index (χ3n) is 5.41. The predicted molar refractivity (Wildman–Crippen MR) is 95.9 cm³/mol. The lowest BCUT2D eigenvalue weighted by atomic mass is 9.85. The number of nitrogens with zero attached hydrogens (tertiary/aromatic N) is 1. The van der Waals surface area contributed by atoms with Crippen molar-refractivity contribution in [3.63, 3.8) is 0 Å². The summed E-state index contributed by atoms with van der Waals surface area (Å²) in [5, 5.41) is 0. The lowest BCUT2D eigenvalue weighted by molar-refractivity contribution is -0.178. The maximum absolute atomic E-state index is 12.5. The van der Waals surface area contributed by atoms with Gasteiger partial charge in [-0.3, -0.25) is 4.90 Å². The van der Waals surface area contributed by atoms with Gasteiger partial charge in [-0.15, -0.1) is 0 Å². The Balaban J connectivity index is 1.95. The molecule has 27 heavy (non-hydrogen) atoms. The summed E-state index contributed by atoms with van der Waals surface area (Å²) >= 11 is 0. The summed E-state index contributed by atoms with van der Waals surface area (Å²) < 4.78 is 15.5. The number of hydrogen-bond acceptors (Lipinski definition) is 6. The van der Waals surface area contributed by atoms with Gasteiger partial charge in [0.05, 0.1) is 19.8 Å². The van der Waals surface area contributed by atoms with Crippen LogP contribution < -0.4 is 0 Å². The van der Waals surface area contributed by atoms with Crippen molar-refractivity contribution >= 4 is 18.0 Å². The second-order valence-electron chi connectivity index (χ2n) is 7.02. The second kappa shape index (κ2) is 7.98. The van der Waals surface area contributed by atoms with Crippen LogP contribution in [0.15, 0.2) is 30.3 Å². The fraction of sp³-hybridized carbons (Fsp3) is 0.550. The van der Waals surface area contributed by atoms with Crippen molar-refractivity contribution in [3.05, 3.63) is 35.9 Å². The van der Waals surface area contributed by atoms with E-state index in [4.69, 9.17) is 9.47 Å². The maximum Gasteiger partial charge on any atom is 0.418 e. The molecule has 0 radical (unpaired) electrons. The Bertz CT molecular complexity index is 706. The molecule has 0 aromatic heterocycles. The molecule has 0 saturated carbocycles. The van der Waals surface area contributed by atoms with Gasteiger partial charge in [0.2, 0.25) is 0 Å². The Hall–Kier alpha value is -2.57. The van der Waals surface area contributed by atoms with Crippen LogP contribution in [0, 0.1) is 0 Å². The molecule has 3 unspecified atom stereocenters. The molecule has 3 rings (SSSR count). The van der Waals surface area contributed by atoms with Gasteiger partial charge in [-0.05, 0) is 31.7 Å². The van der Waals surface area contributed by atoms with E-state index in [0.717, 1.165) is 25.5 Å². The Labute approximate surface area is 158 Å². The summed E-state index contributed by atoms with van der Waals surface area (Å²) in [5.74, 6) is -2.06. The average Bonchev–Trinajstić information content (AvgIpc) is 2.84. The molecule has 0 N–H and O–H groups in total. The first-order valence-electron chi connectivity index (χ1n) is 9.31. The van der Waals surface area contributed by atoms with Crippen LogP contribution in [0.25, 0.3) is 0 Å². The van der Waals surface area contributed by atoms with E-state index in [1.807, 2.05) is 30.3 Å².